The van der Waals surface area contributed by atoms with Gasteiger partial charge in [0.25, 0.3) is 0 Å². The topological polar surface area (TPSA) is 59.9 Å². The first-order valence-electron chi connectivity index (χ1n) is 6.84. The zero-order chi connectivity index (χ0) is 16.2. The molecule has 1 aliphatic rings. The van der Waals surface area contributed by atoms with E-state index in [1.54, 1.807) is 0 Å². The van der Waals surface area contributed by atoms with Crippen LogP contribution in [-0.4, -0.2) is 29.8 Å². The number of thioether (sulfide) groups is 1. The van der Waals surface area contributed by atoms with Crippen LogP contribution in [0.4, 0.5) is 0 Å². The Morgan fingerprint density at radius 2 is 2.09 bits per heavy atom. The molecule has 22 heavy (non-hydrogen) atoms. The van der Waals surface area contributed by atoms with Gasteiger partial charge in [-0.15, -0.1) is 0 Å². The summed E-state index contributed by atoms with van der Waals surface area (Å²) >= 11 is 7.09. The van der Waals surface area contributed by atoms with Crippen molar-refractivity contribution in [2.45, 2.75) is 19.9 Å². The third-order valence-corrected chi connectivity index (χ3v) is 7.98. The molecular formula is C14H19N2O3PS2. The predicted molar refractivity (Wildman–Crippen MR) is 95.0 cm³/mol. The molecule has 0 saturated carbocycles. The summed E-state index contributed by atoms with van der Waals surface area (Å²) in [6, 6.07) is 8.96. The van der Waals surface area contributed by atoms with Gasteiger partial charge in [-0.2, -0.15) is 0 Å². The van der Waals surface area contributed by atoms with Crippen LogP contribution in [0.2, 0.25) is 0 Å². The summed E-state index contributed by atoms with van der Waals surface area (Å²) in [6.45, 7) is 3.86. The van der Waals surface area contributed by atoms with Gasteiger partial charge in [-0.25, -0.2) is 9.79 Å². The number of benzene rings is 1. The van der Waals surface area contributed by atoms with E-state index in [0.29, 0.717) is 10.7 Å². The molecule has 1 aliphatic heterocycles. The van der Waals surface area contributed by atoms with Gasteiger partial charge in [0.05, 0.1) is 12.6 Å². The molecule has 0 aromatic heterocycles. The molecule has 1 heterocycles. The van der Waals surface area contributed by atoms with Crippen molar-refractivity contribution < 1.29 is 14.1 Å². The lowest BCUT2D eigenvalue weighted by Gasteiger charge is -2.18. The highest BCUT2D eigenvalue weighted by atomic mass is 32.5. The first-order valence-corrected chi connectivity index (χ1v) is 10.7. The molecule has 0 radical (unpaired) electrons. The van der Waals surface area contributed by atoms with Gasteiger partial charge in [-0.3, -0.25) is 0 Å². The molecule has 1 aromatic carbocycles. The number of rotatable bonds is 5. The zero-order valence-electron chi connectivity index (χ0n) is 12.7. The predicted octanol–water partition coefficient (Wildman–Crippen LogP) is 3.22. The number of para-hydroxylation sites is 1. The molecule has 0 spiro atoms. The fraction of sp³-hybridized carbons (Fsp3) is 0.429. The molecule has 1 N–H and O–H groups in total. The molecule has 2 rings (SSSR count). The van der Waals surface area contributed by atoms with E-state index >= 15 is 0 Å². The van der Waals surface area contributed by atoms with Crippen LogP contribution in [0.25, 0.3) is 0 Å². The number of ether oxygens (including phenoxy) is 1. The largest absolute Gasteiger partial charge is 0.467 e. The normalized spacial score (nSPS) is 24.1. The molecule has 2 unspecified atom stereocenters. The van der Waals surface area contributed by atoms with E-state index in [2.05, 4.69) is 10.1 Å². The van der Waals surface area contributed by atoms with Crippen LogP contribution in [0.1, 0.15) is 13.8 Å². The average molecular weight is 358 g/mol. The van der Waals surface area contributed by atoms with Crippen LogP contribution in [0.3, 0.4) is 0 Å². The molecule has 1 fully saturated rings. The summed E-state index contributed by atoms with van der Waals surface area (Å²) in [6.07, 6.45) is -2.21. The van der Waals surface area contributed by atoms with Crippen molar-refractivity contribution in [3.05, 3.63) is 30.3 Å². The Labute approximate surface area is 140 Å². The lowest BCUT2D eigenvalue weighted by atomic mass is 10.1. The van der Waals surface area contributed by atoms with Crippen LogP contribution < -0.4 is 9.61 Å². The van der Waals surface area contributed by atoms with Gasteiger partial charge < -0.3 is 14.3 Å². The zero-order valence-corrected chi connectivity index (χ0v) is 15.2. The van der Waals surface area contributed by atoms with Crippen molar-refractivity contribution in [1.29, 1.82) is 0 Å². The fourth-order valence-corrected chi connectivity index (χ4v) is 6.39. The first kappa shape index (κ1) is 17.3. The molecule has 1 saturated heterocycles. The molecule has 5 nitrogen and oxygen atoms in total. The van der Waals surface area contributed by atoms with E-state index in [4.69, 9.17) is 21.1 Å². The van der Waals surface area contributed by atoms with Crippen molar-refractivity contribution in [3.63, 3.8) is 0 Å². The van der Waals surface area contributed by atoms with E-state index in [1.165, 1.54) is 18.9 Å². The first-order chi connectivity index (χ1) is 10.4. The number of hydrogen-bond acceptors (Lipinski definition) is 6. The summed E-state index contributed by atoms with van der Waals surface area (Å²) < 4.78 is 10.7. The van der Waals surface area contributed by atoms with Gasteiger partial charge in [0, 0.05) is 0 Å². The Bertz CT molecular complexity index is 607. The van der Waals surface area contributed by atoms with Gasteiger partial charge in [-0.05, 0) is 29.9 Å². The molecule has 8 heteroatoms. The Morgan fingerprint density at radius 3 is 2.68 bits per heavy atom. The number of carbonyl (C=O) groups is 1. The van der Waals surface area contributed by atoms with Crippen molar-refractivity contribution in [3.8, 4) is 5.75 Å². The fourth-order valence-electron chi connectivity index (χ4n) is 1.84. The second kappa shape index (κ2) is 7.49. The number of methoxy groups -OCH3 is 1. The number of aliphatic imine (C=N–C) groups is 1. The molecule has 1 aromatic rings. The highest BCUT2D eigenvalue weighted by molar-refractivity contribution is 8.28. The molecule has 2 atom stereocenters. The number of carbonyl (C=O) groups excluding carboxylic acids is 1. The van der Waals surface area contributed by atoms with Gasteiger partial charge in [0.2, 0.25) is 6.42 Å². The standard InChI is InChI=1S/C14H19N2O3PS2/c1-10(2)12(13(17)18-3)15-14-16-20(21,9-22-14)19-11-7-5-4-6-8-11/h4-8,10,12H,9H2,1-3H3,(H,15,16,21). The van der Waals surface area contributed by atoms with E-state index < -0.39 is 12.5 Å². The summed E-state index contributed by atoms with van der Waals surface area (Å²) in [5.41, 5.74) is 0.641. The summed E-state index contributed by atoms with van der Waals surface area (Å²) in [4.78, 5) is 16.2. The molecule has 0 aliphatic carbocycles. The highest BCUT2D eigenvalue weighted by Gasteiger charge is 2.32. The van der Waals surface area contributed by atoms with Crippen molar-refractivity contribution in [2.24, 2.45) is 10.9 Å². The molecule has 0 bridgehead atoms. The van der Waals surface area contributed by atoms with Crippen LogP contribution in [-0.2, 0) is 21.3 Å². The minimum atomic E-state index is -2.21. The lowest BCUT2D eigenvalue weighted by molar-refractivity contribution is -0.143. The van der Waals surface area contributed by atoms with Crippen LogP contribution in [0.5, 0.6) is 5.75 Å². The maximum absolute atomic E-state index is 11.8. The lowest BCUT2D eigenvalue weighted by Crippen LogP contribution is -2.28. The van der Waals surface area contributed by atoms with Crippen LogP contribution in [0, 0.1) is 5.92 Å². The van der Waals surface area contributed by atoms with Crippen molar-refractivity contribution in [2.75, 3.05) is 12.6 Å². The van der Waals surface area contributed by atoms with Crippen molar-refractivity contribution >= 4 is 41.1 Å². The molecule has 120 valence electrons. The van der Waals surface area contributed by atoms with Crippen molar-refractivity contribution in [1.82, 2.24) is 5.09 Å². The van der Waals surface area contributed by atoms with E-state index in [-0.39, 0.29) is 11.9 Å². The minimum absolute atomic E-state index is 0.0517. The molecular weight excluding hydrogens is 339 g/mol. The Balaban J connectivity index is 2.09. The quantitative estimate of drug-likeness (QED) is 0.644. The Hall–Kier alpha value is -1.04. The number of esters is 1. The maximum atomic E-state index is 11.8. The average Bonchev–Trinajstić information content (AvgIpc) is 2.85. The smallest absolute Gasteiger partial charge is 0.330 e. The maximum Gasteiger partial charge on any atom is 0.330 e. The summed E-state index contributed by atoms with van der Waals surface area (Å²) in [5, 5.41) is 3.84. The third-order valence-electron chi connectivity index (χ3n) is 2.96. The Kier molecular flexibility index (Phi) is 5.89. The second-order valence-corrected chi connectivity index (χ2v) is 10.3. The van der Waals surface area contributed by atoms with Gasteiger partial charge in [0.1, 0.15) is 5.75 Å². The molecule has 0 amide bonds. The van der Waals surface area contributed by atoms with E-state index in [0.717, 1.165) is 5.75 Å². The van der Waals surface area contributed by atoms with Crippen LogP contribution >= 0.6 is 18.2 Å². The third kappa shape index (κ3) is 4.48. The monoisotopic (exact) mass is 358 g/mol. The minimum Gasteiger partial charge on any atom is -0.467 e. The van der Waals surface area contributed by atoms with E-state index in [9.17, 15) is 4.79 Å². The summed E-state index contributed by atoms with van der Waals surface area (Å²) in [7, 11) is 1.37. The number of nitrogens with zero attached hydrogens (tertiary/aromatic N) is 1. The number of nitrogens with one attached hydrogen (secondary N) is 1. The Morgan fingerprint density at radius 1 is 1.41 bits per heavy atom. The highest BCUT2D eigenvalue weighted by Crippen LogP contribution is 2.51. The van der Waals surface area contributed by atoms with Gasteiger partial charge in [0.15, 0.2) is 11.2 Å². The SMILES string of the molecule is COC(=O)C(N=C1NP(=S)(Oc2ccccc2)CS1)C(C)C. The number of amidine groups is 1. The van der Waals surface area contributed by atoms with E-state index in [1.807, 2.05) is 44.2 Å². The summed E-state index contributed by atoms with van der Waals surface area (Å²) in [5.74, 6) is 0.457. The van der Waals surface area contributed by atoms with Gasteiger partial charge >= 0.3 is 5.97 Å². The number of hydrogen-bond donors (Lipinski definition) is 1. The van der Waals surface area contributed by atoms with Gasteiger partial charge in [-0.1, -0.05) is 43.8 Å². The van der Waals surface area contributed by atoms with Crippen LogP contribution in [0.15, 0.2) is 35.3 Å². The second-order valence-electron chi connectivity index (χ2n) is 5.11.